The number of benzene rings is 3. The third-order valence-electron chi connectivity index (χ3n) is 4.10. The van der Waals surface area contributed by atoms with Gasteiger partial charge in [0.2, 0.25) is 5.89 Å². The first-order valence-electron chi connectivity index (χ1n) is 7.41. The van der Waals surface area contributed by atoms with Gasteiger partial charge < -0.3 is 13.9 Å². The number of furan rings is 1. The van der Waals surface area contributed by atoms with Crippen molar-refractivity contribution < 1.29 is 18.3 Å². The lowest BCUT2D eigenvalue weighted by molar-refractivity contribution is 0.435. The molecule has 0 aliphatic heterocycles. The monoisotopic (exact) mass is 319 g/mol. The minimum absolute atomic E-state index is 0.148. The average molecular weight is 319 g/mol. The fraction of sp³-hybridized carbons (Fsp3) is 0. The number of phenolic OH excluding ortho intramolecular Hbond substituents is 1. The quantitative estimate of drug-likeness (QED) is 0.459. The number of oxazole rings is 1. The van der Waals surface area contributed by atoms with Crippen LogP contribution in [0.25, 0.3) is 44.5 Å². The van der Waals surface area contributed by atoms with Crippen LogP contribution in [-0.2, 0) is 0 Å². The van der Waals surface area contributed by atoms with E-state index in [1.54, 1.807) is 36.4 Å². The molecule has 0 aliphatic rings. The highest BCUT2D eigenvalue weighted by Gasteiger charge is 2.22. The Labute approximate surface area is 134 Å². The second-order valence-electron chi connectivity index (χ2n) is 5.54. The topological polar surface area (TPSA) is 59.4 Å². The maximum Gasteiger partial charge on any atom is 0.231 e. The van der Waals surface area contributed by atoms with Crippen LogP contribution >= 0.6 is 0 Å². The van der Waals surface area contributed by atoms with Crippen molar-refractivity contribution in [2.24, 2.45) is 0 Å². The Morgan fingerprint density at radius 2 is 1.62 bits per heavy atom. The molecule has 0 bridgehead atoms. The van der Waals surface area contributed by atoms with Gasteiger partial charge in [-0.1, -0.05) is 30.3 Å². The van der Waals surface area contributed by atoms with Crippen LogP contribution in [0.15, 0.2) is 63.4 Å². The highest BCUT2D eigenvalue weighted by Crippen LogP contribution is 2.41. The summed E-state index contributed by atoms with van der Waals surface area (Å²) in [5.41, 5.74) is 2.26. The predicted octanol–water partition coefficient (Wildman–Crippen LogP) is 5.24. The van der Waals surface area contributed by atoms with Crippen molar-refractivity contribution in [2.75, 3.05) is 0 Å². The van der Waals surface area contributed by atoms with E-state index >= 15 is 0 Å². The van der Waals surface area contributed by atoms with E-state index in [2.05, 4.69) is 4.98 Å². The molecule has 5 heteroatoms. The van der Waals surface area contributed by atoms with E-state index in [0.717, 1.165) is 0 Å². The minimum atomic E-state index is -0.741. The van der Waals surface area contributed by atoms with Gasteiger partial charge in [0, 0.05) is 5.39 Å². The Morgan fingerprint density at radius 3 is 2.46 bits per heavy atom. The maximum absolute atomic E-state index is 14.8. The summed E-state index contributed by atoms with van der Waals surface area (Å²) < 4.78 is 26.1. The van der Waals surface area contributed by atoms with Crippen molar-refractivity contribution in [2.45, 2.75) is 0 Å². The van der Waals surface area contributed by atoms with Gasteiger partial charge in [-0.2, -0.15) is 0 Å². The van der Waals surface area contributed by atoms with Gasteiger partial charge in [-0.05, 0) is 24.3 Å². The molecule has 24 heavy (non-hydrogen) atoms. The zero-order valence-corrected chi connectivity index (χ0v) is 12.3. The molecule has 0 saturated carbocycles. The minimum Gasteiger partial charge on any atom is -0.504 e. The molecule has 0 aliphatic carbocycles. The van der Waals surface area contributed by atoms with Crippen LogP contribution in [0.2, 0.25) is 0 Å². The van der Waals surface area contributed by atoms with E-state index in [0.29, 0.717) is 27.7 Å². The Bertz CT molecular complexity index is 1200. The summed E-state index contributed by atoms with van der Waals surface area (Å²) in [5.74, 6) is -1.09. The SMILES string of the molecule is Oc1c(-c2nc3ccccc3o2)cc2oc3ccccc3c2c1F. The zero-order valence-electron chi connectivity index (χ0n) is 12.3. The molecule has 0 unspecified atom stereocenters. The molecule has 5 aromatic rings. The summed E-state index contributed by atoms with van der Waals surface area (Å²) in [6.45, 7) is 0. The van der Waals surface area contributed by atoms with Crippen LogP contribution in [0.1, 0.15) is 0 Å². The normalized spacial score (nSPS) is 11.7. The van der Waals surface area contributed by atoms with Crippen molar-refractivity contribution in [1.82, 2.24) is 4.98 Å². The summed E-state index contributed by atoms with van der Waals surface area (Å²) >= 11 is 0. The lowest BCUT2D eigenvalue weighted by atomic mass is 10.1. The van der Waals surface area contributed by atoms with Gasteiger partial charge in [-0.3, -0.25) is 0 Å². The molecule has 0 spiro atoms. The van der Waals surface area contributed by atoms with Crippen LogP contribution < -0.4 is 0 Å². The number of hydrogen-bond acceptors (Lipinski definition) is 4. The van der Waals surface area contributed by atoms with E-state index in [1.165, 1.54) is 0 Å². The van der Waals surface area contributed by atoms with Crippen LogP contribution in [-0.4, -0.2) is 10.1 Å². The Balaban J connectivity index is 1.85. The van der Waals surface area contributed by atoms with E-state index in [-0.39, 0.29) is 16.8 Å². The first-order valence-corrected chi connectivity index (χ1v) is 7.41. The van der Waals surface area contributed by atoms with Crippen molar-refractivity contribution in [3.63, 3.8) is 0 Å². The highest BCUT2D eigenvalue weighted by atomic mass is 19.1. The van der Waals surface area contributed by atoms with Crippen molar-refractivity contribution in [1.29, 1.82) is 0 Å². The number of halogens is 1. The first kappa shape index (κ1) is 13.1. The number of nitrogens with zero attached hydrogens (tertiary/aromatic N) is 1. The summed E-state index contributed by atoms with van der Waals surface area (Å²) in [5, 5.41) is 11.2. The molecule has 116 valence electrons. The second kappa shape index (κ2) is 4.58. The molecule has 2 heterocycles. The van der Waals surface area contributed by atoms with Crippen LogP contribution in [0.4, 0.5) is 4.39 Å². The van der Waals surface area contributed by atoms with E-state index in [4.69, 9.17) is 8.83 Å². The molecule has 0 amide bonds. The zero-order chi connectivity index (χ0) is 16.3. The standard InChI is InChI=1S/C19H10FNO3/c20-17-16-10-5-1-3-7-13(10)23-15(16)9-11(18(17)22)19-21-12-6-2-4-8-14(12)24-19/h1-9,22H. The molecule has 0 atom stereocenters. The van der Waals surface area contributed by atoms with Gasteiger partial charge >= 0.3 is 0 Å². The van der Waals surface area contributed by atoms with E-state index in [9.17, 15) is 9.50 Å². The molecule has 1 N–H and O–H groups in total. The summed E-state index contributed by atoms with van der Waals surface area (Å²) in [7, 11) is 0. The Hall–Kier alpha value is -3.34. The molecular weight excluding hydrogens is 309 g/mol. The number of hydrogen-bond donors (Lipinski definition) is 1. The van der Waals surface area contributed by atoms with Gasteiger partial charge in [0.05, 0.1) is 10.9 Å². The van der Waals surface area contributed by atoms with Crippen LogP contribution in [0.5, 0.6) is 5.75 Å². The molecule has 2 aromatic heterocycles. The van der Waals surface area contributed by atoms with Crippen molar-refractivity contribution in [3.8, 4) is 17.2 Å². The molecule has 0 fully saturated rings. The third kappa shape index (κ3) is 1.69. The third-order valence-corrected chi connectivity index (χ3v) is 4.10. The van der Waals surface area contributed by atoms with Gasteiger partial charge in [-0.25, -0.2) is 9.37 Å². The lowest BCUT2D eigenvalue weighted by Gasteiger charge is -2.02. The number of para-hydroxylation sites is 3. The molecular formula is C19H10FNO3. The number of aromatic nitrogens is 1. The highest BCUT2D eigenvalue weighted by molar-refractivity contribution is 6.07. The second-order valence-corrected chi connectivity index (χ2v) is 5.54. The molecule has 0 radical (unpaired) electrons. The number of rotatable bonds is 1. The number of phenols is 1. The van der Waals surface area contributed by atoms with Crippen LogP contribution in [0, 0.1) is 5.82 Å². The van der Waals surface area contributed by atoms with Gasteiger partial charge in [-0.15, -0.1) is 0 Å². The van der Waals surface area contributed by atoms with E-state index < -0.39 is 11.6 Å². The molecule has 4 nitrogen and oxygen atoms in total. The fourth-order valence-corrected chi connectivity index (χ4v) is 2.98. The predicted molar refractivity (Wildman–Crippen MR) is 88.3 cm³/mol. The van der Waals surface area contributed by atoms with Gasteiger partial charge in [0.25, 0.3) is 0 Å². The Morgan fingerprint density at radius 1 is 0.875 bits per heavy atom. The van der Waals surface area contributed by atoms with Gasteiger partial charge in [0.15, 0.2) is 17.1 Å². The van der Waals surface area contributed by atoms with Gasteiger partial charge in [0.1, 0.15) is 16.7 Å². The number of fused-ring (bicyclic) bond motifs is 4. The molecule has 5 rings (SSSR count). The summed E-state index contributed by atoms with van der Waals surface area (Å²) in [6, 6.07) is 15.9. The summed E-state index contributed by atoms with van der Waals surface area (Å²) in [4.78, 5) is 4.31. The van der Waals surface area contributed by atoms with Crippen molar-refractivity contribution in [3.05, 3.63) is 60.4 Å². The summed E-state index contributed by atoms with van der Waals surface area (Å²) in [6.07, 6.45) is 0. The largest absolute Gasteiger partial charge is 0.504 e. The Kier molecular flexibility index (Phi) is 2.51. The average Bonchev–Trinajstić information content (AvgIpc) is 3.18. The fourth-order valence-electron chi connectivity index (χ4n) is 2.98. The van der Waals surface area contributed by atoms with Crippen molar-refractivity contribution >= 4 is 33.0 Å². The van der Waals surface area contributed by atoms with Crippen LogP contribution in [0.3, 0.4) is 0 Å². The number of aromatic hydroxyl groups is 1. The molecule has 3 aromatic carbocycles. The molecule has 0 saturated heterocycles. The van der Waals surface area contributed by atoms with E-state index in [1.807, 2.05) is 18.2 Å². The first-order chi connectivity index (χ1) is 11.7. The lowest BCUT2D eigenvalue weighted by Crippen LogP contribution is -1.85. The maximum atomic E-state index is 14.8. The smallest absolute Gasteiger partial charge is 0.231 e.